The number of anilines is 2. The molecule has 2 aromatic heterocycles. The summed E-state index contributed by atoms with van der Waals surface area (Å²) in [6.45, 7) is 5.30. The third-order valence-corrected chi connectivity index (χ3v) is 3.69. The van der Waals surface area contributed by atoms with Crippen LogP contribution in [-0.4, -0.2) is 37.8 Å². The molecule has 0 spiro atoms. The SMILES string of the molecule is CC(C)n1c(NCCO)nc2c(NCc3ccccc3)ncnc21. The summed E-state index contributed by atoms with van der Waals surface area (Å²) < 4.78 is 2.01. The Morgan fingerprint density at radius 3 is 2.62 bits per heavy atom. The zero-order valence-corrected chi connectivity index (χ0v) is 13.9. The molecule has 126 valence electrons. The van der Waals surface area contributed by atoms with Gasteiger partial charge in [0.25, 0.3) is 0 Å². The number of aromatic nitrogens is 4. The Balaban J connectivity index is 1.94. The van der Waals surface area contributed by atoms with Crippen LogP contribution in [0.25, 0.3) is 11.2 Å². The van der Waals surface area contributed by atoms with Crippen LogP contribution in [0.15, 0.2) is 36.7 Å². The van der Waals surface area contributed by atoms with E-state index in [0.717, 1.165) is 11.2 Å². The standard InChI is InChI=1S/C17H22N6O/c1-12(2)23-16-14(22-17(23)18-8-9-24)15(20-11-21-16)19-10-13-6-4-3-5-7-13/h3-7,11-12,24H,8-10H2,1-2H3,(H,18,22)(H,19,20,21). The minimum atomic E-state index is 0.0477. The van der Waals surface area contributed by atoms with Crippen molar-refractivity contribution in [3.05, 3.63) is 42.2 Å². The maximum atomic E-state index is 9.06. The summed E-state index contributed by atoms with van der Waals surface area (Å²) >= 11 is 0. The van der Waals surface area contributed by atoms with Crippen molar-refractivity contribution in [2.24, 2.45) is 0 Å². The van der Waals surface area contributed by atoms with E-state index in [-0.39, 0.29) is 12.6 Å². The lowest BCUT2D eigenvalue weighted by molar-refractivity contribution is 0.310. The van der Waals surface area contributed by atoms with Crippen molar-refractivity contribution in [3.63, 3.8) is 0 Å². The fourth-order valence-corrected chi connectivity index (χ4v) is 2.60. The van der Waals surface area contributed by atoms with Gasteiger partial charge in [-0.25, -0.2) is 15.0 Å². The summed E-state index contributed by atoms with van der Waals surface area (Å²) in [5.41, 5.74) is 2.67. The van der Waals surface area contributed by atoms with Gasteiger partial charge in [0.15, 0.2) is 17.0 Å². The van der Waals surface area contributed by atoms with Gasteiger partial charge in [-0.15, -0.1) is 0 Å². The van der Waals surface area contributed by atoms with E-state index in [4.69, 9.17) is 5.11 Å². The molecule has 0 saturated heterocycles. The van der Waals surface area contributed by atoms with Crippen molar-refractivity contribution in [1.82, 2.24) is 19.5 Å². The topological polar surface area (TPSA) is 87.9 Å². The number of aliphatic hydroxyl groups is 1. The number of rotatable bonds is 7. The number of aliphatic hydroxyl groups excluding tert-OH is 1. The third kappa shape index (κ3) is 3.30. The van der Waals surface area contributed by atoms with Crippen molar-refractivity contribution < 1.29 is 5.11 Å². The molecule has 0 radical (unpaired) electrons. The average molecular weight is 326 g/mol. The maximum Gasteiger partial charge on any atom is 0.205 e. The van der Waals surface area contributed by atoms with E-state index in [9.17, 15) is 0 Å². The van der Waals surface area contributed by atoms with Gasteiger partial charge in [0.05, 0.1) is 6.61 Å². The van der Waals surface area contributed by atoms with Gasteiger partial charge in [0.2, 0.25) is 5.95 Å². The van der Waals surface area contributed by atoms with Crippen LogP contribution < -0.4 is 10.6 Å². The molecule has 0 fully saturated rings. The second-order valence-electron chi connectivity index (χ2n) is 5.78. The van der Waals surface area contributed by atoms with E-state index >= 15 is 0 Å². The average Bonchev–Trinajstić information content (AvgIpc) is 2.98. The summed E-state index contributed by atoms with van der Waals surface area (Å²) in [5, 5.41) is 15.5. The van der Waals surface area contributed by atoms with Gasteiger partial charge >= 0.3 is 0 Å². The Kier molecular flexibility index (Phi) is 4.90. The van der Waals surface area contributed by atoms with Crippen molar-refractivity contribution >= 4 is 22.9 Å². The molecule has 0 aliphatic heterocycles. The molecule has 3 N–H and O–H groups in total. The van der Waals surface area contributed by atoms with Crippen LogP contribution in [0.2, 0.25) is 0 Å². The van der Waals surface area contributed by atoms with Crippen LogP contribution >= 0.6 is 0 Å². The highest BCUT2D eigenvalue weighted by molar-refractivity contribution is 5.85. The molecule has 7 heteroatoms. The molecule has 7 nitrogen and oxygen atoms in total. The van der Waals surface area contributed by atoms with Gasteiger partial charge < -0.3 is 15.7 Å². The van der Waals surface area contributed by atoms with Crippen LogP contribution in [0.3, 0.4) is 0 Å². The highest BCUT2D eigenvalue weighted by Crippen LogP contribution is 2.26. The number of nitrogens with zero attached hydrogens (tertiary/aromatic N) is 4. The first-order chi connectivity index (χ1) is 11.7. The highest BCUT2D eigenvalue weighted by Gasteiger charge is 2.17. The highest BCUT2D eigenvalue weighted by atomic mass is 16.3. The minimum absolute atomic E-state index is 0.0477. The van der Waals surface area contributed by atoms with Gasteiger partial charge in [-0.1, -0.05) is 30.3 Å². The van der Waals surface area contributed by atoms with Crippen molar-refractivity contribution in [2.45, 2.75) is 26.4 Å². The fourth-order valence-electron chi connectivity index (χ4n) is 2.60. The molecule has 0 bridgehead atoms. The van der Waals surface area contributed by atoms with E-state index in [1.165, 1.54) is 5.56 Å². The Hall–Kier alpha value is -2.67. The number of hydrogen-bond acceptors (Lipinski definition) is 6. The third-order valence-electron chi connectivity index (χ3n) is 3.69. The first-order valence-electron chi connectivity index (χ1n) is 8.06. The molecule has 0 atom stereocenters. The molecule has 0 unspecified atom stereocenters. The number of nitrogens with one attached hydrogen (secondary N) is 2. The van der Waals surface area contributed by atoms with Crippen molar-refractivity contribution in [1.29, 1.82) is 0 Å². The Bertz CT molecular complexity index is 799. The van der Waals surface area contributed by atoms with E-state index in [2.05, 4.69) is 51.6 Å². The predicted molar refractivity (Wildman–Crippen MR) is 95.1 cm³/mol. The van der Waals surface area contributed by atoms with Crippen LogP contribution in [-0.2, 0) is 6.54 Å². The molecule has 2 heterocycles. The number of imidazole rings is 1. The lowest BCUT2D eigenvalue weighted by Crippen LogP contribution is -2.12. The number of fused-ring (bicyclic) bond motifs is 1. The van der Waals surface area contributed by atoms with Gasteiger partial charge in [-0.05, 0) is 19.4 Å². The Morgan fingerprint density at radius 2 is 1.92 bits per heavy atom. The molecule has 3 aromatic rings. The molecule has 0 aliphatic rings. The molecule has 0 saturated carbocycles. The van der Waals surface area contributed by atoms with E-state index in [1.807, 2.05) is 22.8 Å². The van der Waals surface area contributed by atoms with Crippen molar-refractivity contribution in [2.75, 3.05) is 23.8 Å². The van der Waals surface area contributed by atoms with E-state index < -0.39 is 0 Å². The van der Waals surface area contributed by atoms with Crippen LogP contribution in [0.4, 0.5) is 11.8 Å². The maximum absolute atomic E-state index is 9.06. The Labute approximate surface area is 140 Å². The summed E-state index contributed by atoms with van der Waals surface area (Å²) in [6, 6.07) is 10.3. The molecule has 0 amide bonds. The van der Waals surface area contributed by atoms with Gasteiger partial charge in [0, 0.05) is 19.1 Å². The quantitative estimate of drug-likeness (QED) is 0.618. The molecule has 1 aromatic carbocycles. The summed E-state index contributed by atoms with van der Waals surface area (Å²) in [4.78, 5) is 13.4. The van der Waals surface area contributed by atoms with Crippen LogP contribution in [0.1, 0.15) is 25.5 Å². The first-order valence-corrected chi connectivity index (χ1v) is 8.06. The lowest BCUT2D eigenvalue weighted by atomic mass is 10.2. The molecular formula is C17H22N6O. The second kappa shape index (κ2) is 7.27. The minimum Gasteiger partial charge on any atom is -0.395 e. The smallest absolute Gasteiger partial charge is 0.205 e. The van der Waals surface area contributed by atoms with Crippen LogP contribution in [0.5, 0.6) is 0 Å². The normalized spacial score (nSPS) is 11.2. The first kappa shape index (κ1) is 16.2. The van der Waals surface area contributed by atoms with Gasteiger partial charge in [-0.3, -0.25) is 4.57 Å². The van der Waals surface area contributed by atoms with E-state index in [0.29, 0.717) is 24.9 Å². The number of benzene rings is 1. The molecule has 24 heavy (non-hydrogen) atoms. The fraction of sp³-hybridized carbons (Fsp3) is 0.353. The second-order valence-corrected chi connectivity index (χ2v) is 5.78. The lowest BCUT2D eigenvalue weighted by Gasteiger charge is -2.12. The van der Waals surface area contributed by atoms with E-state index in [1.54, 1.807) is 6.33 Å². The largest absolute Gasteiger partial charge is 0.395 e. The molecule has 0 aliphatic carbocycles. The zero-order valence-electron chi connectivity index (χ0n) is 13.9. The van der Waals surface area contributed by atoms with Crippen LogP contribution in [0, 0.1) is 0 Å². The Morgan fingerprint density at radius 1 is 1.12 bits per heavy atom. The number of hydrogen-bond donors (Lipinski definition) is 3. The molecular weight excluding hydrogens is 304 g/mol. The van der Waals surface area contributed by atoms with Crippen molar-refractivity contribution in [3.8, 4) is 0 Å². The predicted octanol–water partition coefficient (Wildman–Crippen LogP) is 2.42. The molecule has 3 rings (SSSR count). The van der Waals surface area contributed by atoms with Gasteiger partial charge in [-0.2, -0.15) is 0 Å². The summed E-state index contributed by atoms with van der Waals surface area (Å²) in [7, 11) is 0. The van der Waals surface area contributed by atoms with Gasteiger partial charge in [0.1, 0.15) is 6.33 Å². The summed E-state index contributed by atoms with van der Waals surface area (Å²) in [6.07, 6.45) is 1.55. The summed E-state index contributed by atoms with van der Waals surface area (Å²) in [5.74, 6) is 1.40. The monoisotopic (exact) mass is 326 g/mol. The zero-order chi connectivity index (χ0) is 16.9.